The molecule has 9 aromatic carbocycles. The summed E-state index contributed by atoms with van der Waals surface area (Å²) in [6.45, 7) is 22.4. The maximum Gasteiger partial charge on any atom is 0.416 e. The standard InChI is InChI=1S/C30H31Cl2N3O3.C27H34ClN3O3.C23H19ClN4O.C22H21ClN2O3/c1-19(2)33-15-3-17-37-23-9-4-20(5-10-23)29-28-25(26-18-22(32)8-13-27(26)34-28)14-16-35(29)30(36)38-24-11-6-21(31)7-12-24;1-4-30(5-2)15-7-17-34-21-11-8-19(9-12-21)26-25-22(14-16-31(26)27(32)33-6-3)23-18-20(28)10-13-24(23)29-25;24-16-3-4-19-18(13-16)17-6-10-28(23-25-8-1-9-26-23)22(21(17)27-19)15-2-5-20-14(12-15)7-11-29-20;1-2-27-22(26)25-9-7-16-17-12-15(23)4-5-18(17)24-20(16)21(25)14-3-6-19-13(11-14)8-10-28-19/h4-13,18-19,29,33-34H,3,14-17H2,1-2H3;8-13,18,26,29H,4-7,14-17H2,1-3H3;1-5,8-9,12-13,22,27H,6-7,10-11H2;3-6,11-12,21,24H,2,7-10H2,1H3. The van der Waals surface area contributed by atoms with Gasteiger partial charge in [-0.05, 0) is 279 Å². The zero-order chi connectivity index (χ0) is 89.3. The summed E-state index contributed by atoms with van der Waals surface area (Å²) in [7, 11) is 0. The molecule has 0 radical (unpaired) electrons. The van der Waals surface area contributed by atoms with Gasteiger partial charge in [-0.3, -0.25) is 14.7 Å². The molecule has 3 amide bonds. The molecule has 129 heavy (non-hydrogen) atoms. The number of aromatic amines is 4. The molecule has 6 aliphatic rings. The topological polar surface area (TPSA) is 233 Å². The second-order valence-corrected chi connectivity index (χ2v) is 35.3. The average molecular weight is 1840 g/mol. The molecular formula is C102H105Cl5N12O10. The predicted molar refractivity (Wildman–Crippen MR) is 512 cm³/mol. The highest BCUT2D eigenvalue weighted by molar-refractivity contribution is 6.32. The third-order valence-corrected chi connectivity index (χ3v) is 26.0. The van der Waals surface area contributed by atoms with Crippen LogP contribution >= 0.6 is 58.0 Å². The Morgan fingerprint density at radius 2 is 0.822 bits per heavy atom. The molecular weight excluding hydrogens is 1730 g/mol. The number of hydrogen-bond donors (Lipinski definition) is 5. The number of ether oxygens (including phenoxy) is 7. The highest BCUT2D eigenvalue weighted by Gasteiger charge is 2.41. The Labute approximate surface area is 775 Å². The third-order valence-electron chi connectivity index (χ3n) is 24.8. The molecule has 0 spiro atoms. The van der Waals surface area contributed by atoms with Gasteiger partial charge in [-0.15, -0.1) is 0 Å². The largest absolute Gasteiger partial charge is 0.494 e. The number of fused-ring (bicyclic) bond motifs is 14. The number of anilines is 1. The van der Waals surface area contributed by atoms with Crippen molar-refractivity contribution in [3.63, 3.8) is 0 Å². The summed E-state index contributed by atoms with van der Waals surface area (Å²) in [4.78, 5) is 72.5. The van der Waals surface area contributed by atoms with E-state index in [4.69, 9.17) is 91.2 Å². The first kappa shape index (κ1) is 89.4. The number of halogens is 5. The fourth-order valence-corrected chi connectivity index (χ4v) is 19.5. The number of hydrogen-bond acceptors (Lipinski definition) is 15. The molecule has 0 aliphatic carbocycles. The zero-order valence-corrected chi connectivity index (χ0v) is 76.9. The van der Waals surface area contributed by atoms with E-state index in [1.54, 1.807) is 41.6 Å². The van der Waals surface area contributed by atoms with Crippen molar-refractivity contribution in [1.82, 2.24) is 54.8 Å². The van der Waals surface area contributed by atoms with E-state index < -0.39 is 6.09 Å². The molecule has 0 fully saturated rings. The summed E-state index contributed by atoms with van der Waals surface area (Å²) < 4.78 is 39.8. The summed E-state index contributed by atoms with van der Waals surface area (Å²) >= 11 is 31.1. The molecule has 0 bridgehead atoms. The van der Waals surface area contributed by atoms with E-state index in [0.717, 1.165) is 190 Å². The molecule has 20 rings (SSSR count). The number of amides is 3. The van der Waals surface area contributed by atoms with Crippen LogP contribution in [-0.2, 0) is 48.0 Å². The fraction of sp³-hybridized carbons (Fsp3) is 0.324. The van der Waals surface area contributed by atoms with Gasteiger partial charge in [-0.1, -0.05) is 122 Å². The van der Waals surface area contributed by atoms with Crippen molar-refractivity contribution in [1.29, 1.82) is 0 Å². The molecule has 6 aliphatic heterocycles. The molecule has 5 N–H and O–H groups in total. The van der Waals surface area contributed by atoms with Gasteiger partial charge < -0.3 is 68.2 Å². The van der Waals surface area contributed by atoms with Crippen LogP contribution in [0.2, 0.25) is 25.1 Å². The quantitative estimate of drug-likeness (QED) is 0.0421. The third kappa shape index (κ3) is 19.8. The predicted octanol–water partition coefficient (Wildman–Crippen LogP) is 23.0. The van der Waals surface area contributed by atoms with E-state index in [2.05, 4.69) is 115 Å². The normalized spacial score (nSPS) is 16.4. The highest BCUT2D eigenvalue weighted by Crippen LogP contribution is 2.47. The van der Waals surface area contributed by atoms with Gasteiger partial charge in [0.2, 0.25) is 5.95 Å². The SMILES string of the molecule is CC(C)NCCCOc1ccc(C2c3[nH]c4ccc(Cl)cc4c3CCN2C(=O)Oc2ccc(Cl)cc2)cc1.CCOC(=O)N1CCc2c([nH]c3ccc(Cl)cc23)C1c1ccc(OCCCN(CC)CC)cc1.CCOC(=O)N1CCc2c([nH]c3ccc(Cl)cc23)C1c1ccc2c(c1)CCO2.Clc1ccc2[nH]c3c(c2c1)CCN(c1ncccn1)C3c1ccc2c(c1)CCO2. The molecule has 4 unspecified atom stereocenters. The van der Waals surface area contributed by atoms with E-state index in [-0.39, 0.29) is 36.4 Å². The van der Waals surface area contributed by atoms with Crippen LogP contribution in [0.25, 0.3) is 43.6 Å². The number of carbonyl (C=O) groups excluding carboxylic acids is 3. The first-order valence-electron chi connectivity index (χ1n) is 44.6. The zero-order valence-electron chi connectivity index (χ0n) is 73.1. The lowest BCUT2D eigenvalue weighted by Gasteiger charge is -2.36. The molecule has 0 saturated heterocycles. The number of nitrogens with one attached hydrogen (secondary N) is 5. The van der Waals surface area contributed by atoms with Gasteiger partial charge in [0.1, 0.15) is 46.9 Å². The number of rotatable bonds is 21. The summed E-state index contributed by atoms with van der Waals surface area (Å²) in [6.07, 6.45) is 9.47. The number of H-pyrrole nitrogens is 4. The molecule has 22 nitrogen and oxygen atoms in total. The molecule has 14 aromatic rings. The van der Waals surface area contributed by atoms with Crippen molar-refractivity contribution < 1.29 is 47.5 Å². The smallest absolute Gasteiger partial charge is 0.416 e. The molecule has 0 saturated carbocycles. The van der Waals surface area contributed by atoms with Gasteiger partial charge in [0, 0.05) is 156 Å². The number of nitrogens with zero attached hydrogens (tertiary/aromatic N) is 7. The van der Waals surface area contributed by atoms with Gasteiger partial charge in [-0.25, -0.2) is 24.4 Å². The maximum atomic E-state index is 13.4. The van der Waals surface area contributed by atoms with Crippen LogP contribution in [0.4, 0.5) is 20.3 Å². The molecule has 4 atom stereocenters. The lowest BCUT2D eigenvalue weighted by molar-refractivity contribution is 0.0924. The average Bonchev–Trinajstić information content (AvgIpc) is 1.62. The molecule has 27 heteroatoms. The van der Waals surface area contributed by atoms with Crippen molar-refractivity contribution >= 4 is 126 Å². The minimum atomic E-state index is -0.419. The van der Waals surface area contributed by atoms with Crippen LogP contribution in [-0.4, -0.2) is 166 Å². The number of carbonyl (C=O) groups is 3. The summed E-state index contributed by atoms with van der Waals surface area (Å²) in [5, 5.41) is 11.4. The maximum absolute atomic E-state index is 13.4. The van der Waals surface area contributed by atoms with Crippen LogP contribution < -0.4 is 33.9 Å². The van der Waals surface area contributed by atoms with E-state index in [0.29, 0.717) is 91.0 Å². The minimum Gasteiger partial charge on any atom is -0.494 e. The van der Waals surface area contributed by atoms with E-state index in [1.807, 2.05) is 145 Å². The first-order chi connectivity index (χ1) is 62.9. The van der Waals surface area contributed by atoms with E-state index >= 15 is 0 Å². The number of benzene rings is 9. The van der Waals surface area contributed by atoms with Crippen molar-refractivity contribution in [2.75, 3.05) is 96.9 Å². The number of aromatic nitrogens is 6. The minimum absolute atomic E-state index is 0.0122. The Bertz CT molecular complexity index is 6320. The van der Waals surface area contributed by atoms with Gasteiger partial charge >= 0.3 is 18.3 Å². The second kappa shape index (κ2) is 40.6. The van der Waals surface area contributed by atoms with Crippen LogP contribution in [0.3, 0.4) is 0 Å². The Balaban J connectivity index is 0.000000121. The van der Waals surface area contributed by atoms with Crippen LogP contribution in [0.15, 0.2) is 200 Å². The van der Waals surface area contributed by atoms with Crippen molar-refractivity contribution in [3.8, 4) is 28.7 Å². The lowest BCUT2D eigenvalue weighted by Crippen LogP contribution is -2.42. The van der Waals surface area contributed by atoms with Gasteiger partial charge in [-0.2, -0.15) is 0 Å². The Morgan fingerprint density at radius 1 is 0.442 bits per heavy atom. The van der Waals surface area contributed by atoms with Crippen molar-refractivity contribution in [3.05, 3.63) is 304 Å². The van der Waals surface area contributed by atoms with Crippen LogP contribution in [0.5, 0.6) is 28.7 Å². The first-order valence-corrected chi connectivity index (χ1v) is 46.5. The lowest BCUT2D eigenvalue weighted by atomic mass is 9.91. The Hall–Kier alpha value is -11.6. The Kier molecular flexibility index (Phi) is 28.1. The van der Waals surface area contributed by atoms with Gasteiger partial charge in [0.05, 0.1) is 45.7 Å². The van der Waals surface area contributed by atoms with E-state index in [1.165, 1.54) is 50.0 Å². The van der Waals surface area contributed by atoms with Gasteiger partial charge in [0.25, 0.3) is 0 Å². The Morgan fingerprint density at radius 3 is 1.25 bits per heavy atom. The second-order valence-electron chi connectivity index (χ2n) is 33.1. The molecule has 5 aromatic heterocycles. The monoisotopic (exact) mass is 1830 g/mol. The summed E-state index contributed by atoms with van der Waals surface area (Å²) in [5.41, 5.74) is 20.0. The summed E-state index contributed by atoms with van der Waals surface area (Å²) in [5.74, 6) is 4.76. The van der Waals surface area contributed by atoms with Crippen molar-refractivity contribution in [2.45, 2.75) is 123 Å². The fourth-order valence-electron chi connectivity index (χ4n) is 18.7. The van der Waals surface area contributed by atoms with Crippen LogP contribution in [0.1, 0.15) is 157 Å². The molecule has 668 valence electrons. The highest BCUT2D eigenvalue weighted by atomic mass is 35.5. The van der Waals surface area contributed by atoms with Crippen molar-refractivity contribution in [2.24, 2.45) is 0 Å². The van der Waals surface area contributed by atoms with Gasteiger partial charge in [0.15, 0.2) is 0 Å². The van der Waals surface area contributed by atoms with E-state index in [9.17, 15) is 14.4 Å². The summed E-state index contributed by atoms with van der Waals surface area (Å²) in [6, 6.07) is 60.7. The molecule has 11 heterocycles. The van der Waals surface area contributed by atoms with Crippen LogP contribution in [0, 0.1) is 0 Å².